The summed E-state index contributed by atoms with van der Waals surface area (Å²) in [4.78, 5) is 0. The van der Waals surface area contributed by atoms with E-state index in [-0.39, 0.29) is 0 Å². The first-order valence-corrected chi connectivity index (χ1v) is 9.44. The van der Waals surface area contributed by atoms with Gasteiger partial charge in [0.1, 0.15) is 22.2 Å². The molecule has 0 heterocycles. The van der Waals surface area contributed by atoms with E-state index < -0.39 is 20.6 Å². The Morgan fingerprint density at radius 3 is 1.28 bits per heavy atom. The number of ether oxygens (including phenoxy) is 2. The molecular weight excluding hydrogens is 340 g/mol. The van der Waals surface area contributed by atoms with Crippen LogP contribution >= 0.6 is 0 Å². The fourth-order valence-corrected chi connectivity index (χ4v) is 4.74. The fraction of sp³-hybridized carbons (Fsp3) is 0.333. The molecule has 2 N–H and O–H groups in total. The van der Waals surface area contributed by atoms with Crippen molar-refractivity contribution in [1.29, 1.82) is 0 Å². The topological polar surface area (TPSA) is 76.7 Å². The molecule has 0 radical (unpaired) electrons. The Balaban J connectivity index is 2.39. The van der Waals surface area contributed by atoms with E-state index in [0.717, 1.165) is 0 Å². The molecule has 0 saturated carbocycles. The van der Waals surface area contributed by atoms with Crippen LogP contribution in [0.25, 0.3) is 0 Å². The molecule has 0 spiro atoms. The van der Waals surface area contributed by atoms with E-state index >= 15 is 0 Å². The SMILES string of the molecule is CNC(c1ccc(OC)cc1)S(=O)(=O)C(NC)c1ccc(OC)cc1. The summed E-state index contributed by atoms with van der Waals surface area (Å²) in [5.74, 6) is 1.35. The summed E-state index contributed by atoms with van der Waals surface area (Å²) < 4.78 is 36.7. The second kappa shape index (κ2) is 8.33. The van der Waals surface area contributed by atoms with Crippen molar-refractivity contribution in [3.63, 3.8) is 0 Å². The Morgan fingerprint density at radius 2 is 1.04 bits per heavy atom. The smallest absolute Gasteiger partial charge is 0.190 e. The zero-order valence-corrected chi connectivity index (χ0v) is 15.6. The summed E-state index contributed by atoms with van der Waals surface area (Å²) in [7, 11) is 2.79. The van der Waals surface area contributed by atoms with Crippen molar-refractivity contribution in [2.24, 2.45) is 0 Å². The molecule has 2 aromatic rings. The Labute approximate surface area is 149 Å². The quantitative estimate of drug-likeness (QED) is 0.748. The molecule has 0 saturated heterocycles. The molecule has 0 aliphatic rings. The van der Waals surface area contributed by atoms with Gasteiger partial charge < -0.3 is 20.1 Å². The molecule has 0 aromatic heterocycles. The number of methoxy groups -OCH3 is 2. The van der Waals surface area contributed by atoms with Crippen LogP contribution in [0.1, 0.15) is 21.9 Å². The zero-order valence-electron chi connectivity index (χ0n) is 14.8. The van der Waals surface area contributed by atoms with Crippen LogP contribution in [0.4, 0.5) is 0 Å². The lowest BCUT2D eigenvalue weighted by Gasteiger charge is -2.25. The third-order valence-corrected chi connectivity index (χ3v) is 6.35. The summed E-state index contributed by atoms with van der Waals surface area (Å²) in [5.41, 5.74) is 1.30. The van der Waals surface area contributed by atoms with E-state index in [1.165, 1.54) is 0 Å². The maximum Gasteiger partial charge on any atom is 0.190 e. The molecular formula is C18H24N2O4S. The Bertz CT molecular complexity index is 712. The first-order chi connectivity index (χ1) is 12.0. The Morgan fingerprint density at radius 1 is 0.720 bits per heavy atom. The van der Waals surface area contributed by atoms with E-state index in [2.05, 4.69) is 10.6 Å². The van der Waals surface area contributed by atoms with Gasteiger partial charge in [0, 0.05) is 0 Å². The monoisotopic (exact) mass is 364 g/mol. The largest absolute Gasteiger partial charge is 0.497 e. The highest BCUT2D eigenvalue weighted by Gasteiger charge is 2.34. The van der Waals surface area contributed by atoms with Crippen molar-refractivity contribution in [3.8, 4) is 11.5 Å². The van der Waals surface area contributed by atoms with Gasteiger partial charge in [-0.1, -0.05) is 24.3 Å². The van der Waals surface area contributed by atoms with Gasteiger partial charge in [-0.2, -0.15) is 0 Å². The lowest BCUT2D eigenvalue weighted by atomic mass is 10.2. The van der Waals surface area contributed by atoms with Crippen LogP contribution in [-0.2, 0) is 9.84 Å². The van der Waals surface area contributed by atoms with Crippen molar-refractivity contribution < 1.29 is 17.9 Å². The van der Waals surface area contributed by atoms with Crippen molar-refractivity contribution in [3.05, 3.63) is 59.7 Å². The van der Waals surface area contributed by atoms with Crippen LogP contribution < -0.4 is 20.1 Å². The number of hydrogen-bond acceptors (Lipinski definition) is 6. The molecule has 0 fully saturated rings. The van der Waals surface area contributed by atoms with Gasteiger partial charge in [0.15, 0.2) is 9.84 Å². The highest BCUT2D eigenvalue weighted by Crippen LogP contribution is 2.32. The van der Waals surface area contributed by atoms with E-state index in [4.69, 9.17) is 9.47 Å². The molecule has 6 nitrogen and oxygen atoms in total. The van der Waals surface area contributed by atoms with E-state index in [1.54, 1.807) is 76.8 Å². The fourth-order valence-electron chi connectivity index (χ4n) is 2.73. The average Bonchev–Trinajstić information content (AvgIpc) is 2.63. The molecule has 25 heavy (non-hydrogen) atoms. The van der Waals surface area contributed by atoms with E-state index in [1.807, 2.05) is 0 Å². The van der Waals surface area contributed by atoms with Gasteiger partial charge in [-0.3, -0.25) is 0 Å². The predicted octanol–water partition coefficient (Wildman–Crippen LogP) is 2.25. The number of nitrogens with one attached hydrogen (secondary N) is 2. The molecule has 0 amide bonds. The van der Waals surface area contributed by atoms with Crippen LogP contribution in [0.2, 0.25) is 0 Å². The first-order valence-electron chi connectivity index (χ1n) is 7.83. The number of rotatable bonds is 8. The minimum atomic E-state index is -3.61. The highest BCUT2D eigenvalue weighted by molar-refractivity contribution is 7.91. The zero-order chi connectivity index (χ0) is 18.4. The maximum atomic E-state index is 13.2. The van der Waals surface area contributed by atoms with Crippen LogP contribution in [0.5, 0.6) is 11.5 Å². The van der Waals surface area contributed by atoms with Crippen LogP contribution in [0.3, 0.4) is 0 Å². The van der Waals surface area contributed by atoms with Gasteiger partial charge in [0.05, 0.1) is 14.2 Å². The molecule has 0 bridgehead atoms. The van der Waals surface area contributed by atoms with E-state index in [9.17, 15) is 8.42 Å². The summed E-state index contributed by atoms with van der Waals surface area (Å²) in [6, 6.07) is 14.0. The van der Waals surface area contributed by atoms with Gasteiger partial charge in [-0.15, -0.1) is 0 Å². The lowest BCUT2D eigenvalue weighted by molar-refractivity contribution is 0.414. The minimum Gasteiger partial charge on any atom is -0.497 e. The molecule has 136 valence electrons. The van der Waals surface area contributed by atoms with Crippen molar-refractivity contribution in [2.75, 3.05) is 28.3 Å². The molecule has 0 aliphatic carbocycles. The van der Waals surface area contributed by atoms with Crippen LogP contribution in [0, 0.1) is 0 Å². The van der Waals surface area contributed by atoms with E-state index in [0.29, 0.717) is 22.6 Å². The Kier molecular flexibility index (Phi) is 6.41. The second-order valence-corrected chi connectivity index (χ2v) is 7.59. The summed E-state index contributed by atoms with van der Waals surface area (Å²) in [6.45, 7) is 0. The summed E-state index contributed by atoms with van der Waals surface area (Å²) >= 11 is 0. The lowest BCUT2D eigenvalue weighted by Crippen LogP contribution is -2.35. The molecule has 2 rings (SSSR count). The Hall–Kier alpha value is -2.09. The predicted molar refractivity (Wildman–Crippen MR) is 98.5 cm³/mol. The van der Waals surface area contributed by atoms with Crippen LogP contribution in [0.15, 0.2) is 48.5 Å². The maximum absolute atomic E-state index is 13.2. The average molecular weight is 364 g/mol. The minimum absolute atomic E-state index is 0.650. The number of hydrogen-bond donors (Lipinski definition) is 2. The molecule has 2 atom stereocenters. The molecule has 2 aromatic carbocycles. The molecule has 2 unspecified atom stereocenters. The third-order valence-electron chi connectivity index (χ3n) is 4.02. The standard InChI is InChI=1S/C18H24N2O4S/c1-19-17(13-5-9-15(23-3)10-6-13)25(21,22)18(20-2)14-7-11-16(24-4)12-8-14/h5-12,17-20H,1-4H3. The van der Waals surface area contributed by atoms with Gasteiger partial charge in [-0.25, -0.2) is 8.42 Å². The van der Waals surface area contributed by atoms with Crippen LogP contribution in [-0.4, -0.2) is 36.7 Å². The first kappa shape index (κ1) is 19.2. The molecule has 7 heteroatoms. The number of sulfone groups is 1. The van der Waals surface area contributed by atoms with Gasteiger partial charge >= 0.3 is 0 Å². The summed E-state index contributed by atoms with van der Waals surface area (Å²) in [5, 5.41) is 4.12. The second-order valence-electron chi connectivity index (χ2n) is 5.47. The van der Waals surface area contributed by atoms with Crippen molar-refractivity contribution in [2.45, 2.75) is 10.7 Å². The number of benzene rings is 2. The third kappa shape index (κ3) is 4.12. The molecule has 0 aliphatic heterocycles. The van der Waals surface area contributed by atoms with Gasteiger partial charge in [0.2, 0.25) is 0 Å². The van der Waals surface area contributed by atoms with Gasteiger partial charge in [-0.05, 0) is 49.5 Å². The van der Waals surface area contributed by atoms with Crippen molar-refractivity contribution >= 4 is 9.84 Å². The van der Waals surface area contributed by atoms with Crippen molar-refractivity contribution in [1.82, 2.24) is 10.6 Å². The van der Waals surface area contributed by atoms with Gasteiger partial charge in [0.25, 0.3) is 0 Å². The highest BCUT2D eigenvalue weighted by atomic mass is 32.2. The summed E-state index contributed by atoms with van der Waals surface area (Å²) in [6.07, 6.45) is 0. The normalized spacial score (nSPS) is 13.9.